The first kappa shape index (κ1) is 10.7. The van der Waals surface area contributed by atoms with Crippen molar-refractivity contribution in [2.45, 2.75) is 12.0 Å². The number of nitrogens with zero attached hydrogens (tertiary/aromatic N) is 1. The molecule has 1 amide bonds. The molecule has 2 fully saturated rings. The number of piperidine rings is 1. The quantitative estimate of drug-likeness (QED) is 0.835. The summed E-state index contributed by atoms with van der Waals surface area (Å²) in [6, 6.07) is 5.83. The molecule has 0 radical (unpaired) electrons. The summed E-state index contributed by atoms with van der Waals surface area (Å²) in [5.41, 5.74) is 0.359. The predicted molar refractivity (Wildman–Crippen MR) is 62.2 cm³/mol. The summed E-state index contributed by atoms with van der Waals surface area (Å²) in [5, 5.41) is 3.06. The molecule has 1 aliphatic carbocycles. The molecule has 0 bridgehead atoms. The van der Waals surface area contributed by atoms with Crippen LogP contribution in [0.2, 0.25) is 0 Å². The summed E-state index contributed by atoms with van der Waals surface area (Å²) in [6.07, 6.45) is 1.05. The summed E-state index contributed by atoms with van der Waals surface area (Å²) in [4.78, 5) is 14.2. The van der Waals surface area contributed by atoms with Gasteiger partial charge in [-0.1, -0.05) is 6.07 Å². The molecule has 1 heterocycles. The third-order valence-electron chi connectivity index (χ3n) is 3.77. The molecular weight excluding hydrogens is 219 g/mol. The molecule has 1 saturated heterocycles. The summed E-state index contributed by atoms with van der Waals surface area (Å²) >= 11 is 0. The van der Waals surface area contributed by atoms with Crippen LogP contribution in [0, 0.1) is 11.7 Å². The van der Waals surface area contributed by atoms with Gasteiger partial charge < -0.3 is 10.2 Å². The molecule has 1 N–H and O–H groups in total. The SMILES string of the molecule is CN1C[C@@H]2C[C@]2(NC(=O)c2cccc(F)c2)C1. The van der Waals surface area contributed by atoms with Gasteiger partial charge in [0.2, 0.25) is 0 Å². The summed E-state index contributed by atoms with van der Waals surface area (Å²) in [5.74, 6) is 0.0401. The minimum Gasteiger partial charge on any atom is -0.345 e. The Morgan fingerprint density at radius 1 is 1.59 bits per heavy atom. The number of hydrogen-bond acceptors (Lipinski definition) is 2. The maximum Gasteiger partial charge on any atom is 0.251 e. The Morgan fingerprint density at radius 2 is 2.41 bits per heavy atom. The topological polar surface area (TPSA) is 32.3 Å². The van der Waals surface area contributed by atoms with Crippen molar-refractivity contribution in [2.24, 2.45) is 5.92 Å². The molecule has 17 heavy (non-hydrogen) atoms. The van der Waals surface area contributed by atoms with E-state index in [1.54, 1.807) is 12.1 Å². The number of likely N-dealkylation sites (tertiary alicyclic amines) is 1. The highest BCUT2D eigenvalue weighted by atomic mass is 19.1. The minimum atomic E-state index is -0.369. The van der Waals surface area contributed by atoms with E-state index in [1.165, 1.54) is 12.1 Å². The lowest BCUT2D eigenvalue weighted by molar-refractivity contribution is 0.0928. The Labute approximate surface area is 99.6 Å². The summed E-state index contributed by atoms with van der Waals surface area (Å²) in [6.45, 7) is 1.95. The van der Waals surface area contributed by atoms with Crippen LogP contribution >= 0.6 is 0 Å². The van der Waals surface area contributed by atoms with Gasteiger partial charge in [-0.05, 0) is 37.6 Å². The third-order valence-corrected chi connectivity index (χ3v) is 3.77. The van der Waals surface area contributed by atoms with Gasteiger partial charge in [0.1, 0.15) is 5.82 Å². The first-order valence-electron chi connectivity index (χ1n) is 5.86. The molecular formula is C13H15FN2O. The van der Waals surface area contributed by atoms with E-state index >= 15 is 0 Å². The molecule has 1 saturated carbocycles. The van der Waals surface area contributed by atoms with Crippen molar-refractivity contribution < 1.29 is 9.18 Å². The summed E-state index contributed by atoms with van der Waals surface area (Å²) < 4.78 is 13.0. The van der Waals surface area contributed by atoms with Gasteiger partial charge in [0.15, 0.2) is 0 Å². The van der Waals surface area contributed by atoms with E-state index in [4.69, 9.17) is 0 Å². The monoisotopic (exact) mass is 234 g/mol. The molecule has 1 aliphatic heterocycles. The van der Waals surface area contributed by atoms with Gasteiger partial charge in [0.05, 0.1) is 5.54 Å². The van der Waals surface area contributed by atoms with Gasteiger partial charge in [0.25, 0.3) is 5.91 Å². The van der Waals surface area contributed by atoms with Crippen LogP contribution in [0.25, 0.3) is 0 Å². The third kappa shape index (κ3) is 1.82. The van der Waals surface area contributed by atoms with Gasteiger partial charge in [-0.15, -0.1) is 0 Å². The van der Waals surface area contributed by atoms with Crippen molar-refractivity contribution in [3.8, 4) is 0 Å². The van der Waals surface area contributed by atoms with Crippen LogP contribution in [0.4, 0.5) is 4.39 Å². The van der Waals surface area contributed by atoms with E-state index in [-0.39, 0.29) is 17.3 Å². The predicted octanol–water partition coefficient (Wildman–Crippen LogP) is 1.26. The molecule has 0 unspecified atom stereocenters. The van der Waals surface area contributed by atoms with Crippen LogP contribution in [-0.4, -0.2) is 36.5 Å². The molecule has 2 aliphatic rings. The number of carbonyl (C=O) groups is 1. The van der Waals surface area contributed by atoms with Crippen molar-refractivity contribution in [1.82, 2.24) is 10.2 Å². The van der Waals surface area contributed by atoms with Crippen LogP contribution in [0.5, 0.6) is 0 Å². The highest BCUT2D eigenvalue weighted by molar-refractivity contribution is 5.95. The molecule has 1 aromatic rings. The minimum absolute atomic E-state index is 0.0435. The molecule has 0 aromatic heterocycles. The van der Waals surface area contributed by atoms with E-state index in [1.807, 2.05) is 0 Å². The van der Waals surface area contributed by atoms with Crippen LogP contribution in [0.15, 0.2) is 24.3 Å². The van der Waals surface area contributed by atoms with E-state index in [2.05, 4.69) is 17.3 Å². The van der Waals surface area contributed by atoms with Crippen LogP contribution < -0.4 is 5.32 Å². The standard InChI is InChI=1S/C13H15FN2O/c1-16-7-10-6-13(10,8-16)15-12(17)9-3-2-4-11(14)5-9/h2-5,10H,6-8H2,1H3,(H,15,17)/t10-,13-/m0/s1. The van der Waals surface area contributed by atoms with Crippen molar-refractivity contribution in [3.05, 3.63) is 35.6 Å². The van der Waals surface area contributed by atoms with Crippen LogP contribution in [0.1, 0.15) is 16.8 Å². The highest BCUT2D eigenvalue weighted by Gasteiger charge is 2.60. The zero-order valence-electron chi connectivity index (χ0n) is 9.74. The van der Waals surface area contributed by atoms with Crippen LogP contribution in [0.3, 0.4) is 0 Å². The van der Waals surface area contributed by atoms with Gasteiger partial charge in [-0.3, -0.25) is 4.79 Å². The van der Waals surface area contributed by atoms with Crippen molar-refractivity contribution >= 4 is 5.91 Å². The molecule has 4 heteroatoms. The molecule has 0 spiro atoms. The van der Waals surface area contributed by atoms with Crippen LogP contribution in [-0.2, 0) is 0 Å². The average molecular weight is 234 g/mol. The lowest BCUT2D eigenvalue weighted by atomic mass is 10.1. The lowest BCUT2D eigenvalue weighted by Gasteiger charge is -2.17. The fraction of sp³-hybridized carbons (Fsp3) is 0.462. The van der Waals surface area contributed by atoms with E-state index in [0.29, 0.717) is 11.5 Å². The Hall–Kier alpha value is -1.42. The second-order valence-electron chi connectivity index (χ2n) is 5.22. The number of hydrogen-bond donors (Lipinski definition) is 1. The Bertz CT molecular complexity index is 476. The molecule has 90 valence electrons. The second kappa shape index (κ2) is 3.53. The maximum atomic E-state index is 13.0. The fourth-order valence-corrected chi connectivity index (χ4v) is 2.86. The number of amides is 1. The normalized spacial score (nSPS) is 31.1. The number of rotatable bonds is 2. The van der Waals surface area contributed by atoms with Gasteiger partial charge in [-0.2, -0.15) is 0 Å². The average Bonchev–Trinajstić information content (AvgIpc) is 2.80. The Kier molecular flexibility index (Phi) is 2.23. The van der Waals surface area contributed by atoms with Crippen molar-refractivity contribution in [3.63, 3.8) is 0 Å². The Balaban J connectivity index is 1.73. The highest BCUT2D eigenvalue weighted by Crippen LogP contribution is 2.49. The lowest BCUT2D eigenvalue weighted by Crippen LogP contribution is -2.41. The number of benzene rings is 1. The number of fused-ring (bicyclic) bond motifs is 1. The fourth-order valence-electron chi connectivity index (χ4n) is 2.86. The molecule has 3 rings (SSSR count). The number of carbonyl (C=O) groups excluding carboxylic acids is 1. The largest absolute Gasteiger partial charge is 0.345 e. The van der Waals surface area contributed by atoms with Gasteiger partial charge >= 0.3 is 0 Å². The zero-order valence-corrected chi connectivity index (χ0v) is 9.74. The Morgan fingerprint density at radius 3 is 3.06 bits per heavy atom. The number of likely N-dealkylation sites (N-methyl/N-ethyl adjacent to an activating group) is 1. The second-order valence-corrected chi connectivity index (χ2v) is 5.22. The smallest absolute Gasteiger partial charge is 0.251 e. The van der Waals surface area contributed by atoms with E-state index in [0.717, 1.165) is 19.5 Å². The molecule has 3 nitrogen and oxygen atoms in total. The summed E-state index contributed by atoms with van der Waals surface area (Å²) in [7, 11) is 2.06. The first-order chi connectivity index (χ1) is 8.09. The molecule has 2 atom stereocenters. The van der Waals surface area contributed by atoms with Gasteiger partial charge in [0, 0.05) is 18.7 Å². The maximum absolute atomic E-state index is 13.0. The van der Waals surface area contributed by atoms with Gasteiger partial charge in [-0.25, -0.2) is 4.39 Å². The first-order valence-corrected chi connectivity index (χ1v) is 5.86. The van der Waals surface area contributed by atoms with E-state index < -0.39 is 0 Å². The zero-order chi connectivity index (χ0) is 12.0. The number of halogens is 1. The van der Waals surface area contributed by atoms with Crippen molar-refractivity contribution in [1.29, 1.82) is 0 Å². The van der Waals surface area contributed by atoms with Crippen molar-refractivity contribution in [2.75, 3.05) is 20.1 Å². The van der Waals surface area contributed by atoms with E-state index in [9.17, 15) is 9.18 Å². The molecule has 1 aromatic carbocycles. The number of nitrogens with one attached hydrogen (secondary N) is 1.